The number of ether oxygens (including phenoxy) is 2. The first-order chi connectivity index (χ1) is 8.62. The Bertz CT molecular complexity index is 402. The third-order valence-electron chi connectivity index (χ3n) is 2.41. The van der Waals surface area contributed by atoms with Crippen LogP contribution in [0.25, 0.3) is 0 Å². The summed E-state index contributed by atoms with van der Waals surface area (Å²) in [7, 11) is 0. The van der Waals surface area contributed by atoms with Gasteiger partial charge in [-0.25, -0.2) is 4.79 Å². The number of carbonyl (C=O) groups is 1. The highest BCUT2D eigenvalue weighted by Gasteiger charge is 2.19. The molecule has 1 atom stereocenters. The Morgan fingerprint density at radius 3 is 2.56 bits per heavy atom. The molecule has 18 heavy (non-hydrogen) atoms. The molecule has 1 unspecified atom stereocenters. The number of aliphatic carboxylic acids is 1. The Balaban J connectivity index is 2.95. The summed E-state index contributed by atoms with van der Waals surface area (Å²) in [5.74, 6) is -0.182. The van der Waals surface area contributed by atoms with Crippen LogP contribution in [-0.4, -0.2) is 28.9 Å². The van der Waals surface area contributed by atoms with E-state index in [0.717, 1.165) is 0 Å². The smallest absolute Gasteiger partial charge is 0.344 e. The van der Waals surface area contributed by atoms with Crippen LogP contribution >= 0.6 is 0 Å². The van der Waals surface area contributed by atoms with E-state index in [9.17, 15) is 4.79 Å². The summed E-state index contributed by atoms with van der Waals surface area (Å²) in [6.45, 7) is 3.90. The number of carboxylic acid groups (broad SMARTS) is 1. The van der Waals surface area contributed by atoms with Gasteiger partial charge in [0.05, 0.1) is 13.2 Å². The van der Waals surface area contributed by atoms with E-state index in [4.69, 9.17) is 19.7 Å². The topological polar surface area (TPSA) is 76.0 Å². The van der Waals surface area contributed by atoms with Gasteiger partial charge >= 0.3 is 5.97 Å². The predicted molar refractivity (Wildman–Crippen MR) is 65.9 cm³/mol. The Labute approximate surface area is 106 Å². The molecule has 0 saturated carbocycles. The fourth-order valence-electron chi connectivity index (χ4n) is 1.48. The van der Waals surface area contributed by atoms with Crippen molar-refractivity contribution in [1.29, 1.82) is 0 Å². The molecule has 0 aliphatic carbocycles. The second-order valence-electron chi connectivity index (χ2n) is 3.73. The number of hydrogen-bond donors (Lipinski definition) is 2. The van der Waals surface area contributed by atoms with E-state index in [-0.39, 0.29) is 6.61 Å². The molecule has 0 aliphatic heterocycles. The van der Waals surface area contributed by atoms with Crippen LogP contribution in [0.3, 0.4) is 0 Å². The molecule has 0 saturated heterocycles. The van der Waals surface area contributed by atoms with Crippen molar-refractivity contribution < 1.29 is 24.5 Å². The maximum absolute atomic E-state index is 10.9. The Hall–Kier alpha value is -1.75. The van der Waals surface area contributed by atoms with Crippen LogP contribution in [0.1, 0.15) is 25.8 Å². The van der Waals surface area contributed by atoms with E-state index in [2.05, 4.69) is 0 Å². The van der Waals surface area contributed by atoms with Gasteiger partial charge in [-0.3, -0.25) is 0 Å². The highest BCUT2D eigenvalue weighted by molar-refractivity contribution is 5.72. The van der Waals surface area contributed by atoms with Crippen LogP contribution in [0, 0.1) is 0 Å². The standard InChI is InChI=1S/C13H18O5/c1-3-10(13(15)16)18-11-6-5-9(8-14)7-12(11)17-4-2/h5-7,10,14H,3-4,8H2,1-2H3,(H,15,16). The Morgan fingerprint density at radius 1 is 1.33 bits per heavy atom. The van der Waals surface area contributed by atoms with Crippen molar-refractivity contribution in [3.05, 3.63) is 23.8 Å². The zero-order valence-corrected chi connectivity index (χ0v) is 10.5. The summed E-state index contributed by atoms with van der Waals surface area (Å²) in [5.41, 5.74) is 0.689. The third-order valence-corrected chi connectivity index (χ3v) is 2.41. The highest BCUT2D eigenvalue weighted by atomic mass is 16.5. The predicted octanol–water partition coefficient (Wildman–Crippen LogP) is 1.82. The van der Waals surface area contributed by atoms with E-state index in [1.165, 1.54) is 0 Å². The molecule has 5 heteroatoms. The molecule has 0 bridgehead atoms. The van der Waals surface area contributed by atoms with Gasteiger partial charge in [0.15, 0.2) is 17.6 Å². The molecule has 0 radical (unpaired) electrons. The average molecular weight is 254 g/mol. The lowest BCUT2D eigenvalue weighted by atomic mass is 10.2. The second-order valence-corrected chi connectivity index (χ2v) is 3.73. The van der Waals surface area contributed by atoms with E-state index in [1.807, 2.05) is 6.92 Å². The summed E-state index contributed by atoms with van der Waals surface area (Å²) in [6.07, 6.45) is -0.535. The minimum atomic E-state index is -1.01. The monoisotopic (exact) mass is 254 g/mol. The fraction of sp³-hybridized carbons (Fsp3) is 0.462. The lowest BCUT2D eigenvalue weighted by molar-refractivity contribution is -0.145. The van der Waals surface area contributed by atoms with Crippen LogP contribution in [0.4, 0.5) is 0 Å². The zero-order chi connectivity index (χ0) is 13.5. The zero-order valence-electron chi connectivity index (χ0n) is 10.5. The fourth-order valence-corrected chi connectivity index (χ4v) is 1.48. The second kappa shape index (κ2) is 6.86. The van der Waals surface area contributed by atoms with E-state index in [1.54, 1.807) is 25.1 Å². The number of benzene rings is 1. The summed E-state index contributed by atoms with van der Waals surface area (Å²) in [5, 5.41) is 18.0. The molecule has 2 N–H and O–H groups in total. The maximum atomic E-state index is 10.9. The molecule has 0 aromatic heterocycles. The first-order valence-electron chi connectivity index (χ1n) is 5.88. The first kappa shape index (κ1) is 14.3. The summed E-state index contributed by atoms with van der Waals surface area (Å²) < 4.78 is 10.8. The van der Waals surface area contributed by atoms with Gasteiger partial charge in [0.1, 0.15) is 0 Å². The summed E-state index contributed by atoms with van der Waals surface area (Å²) >= 11 is 0. The van der Waals surface area contributed by atoms with Crippen LogP contribution < -0.4 is 9.47 Å². The Kier molecular flexibility index (Phi) is 5.45. The van der Waals surface area contributed by atoms with Crippen molar-refractivity contribution in [2.75, 3.05) is 6.61 Å². The minimum Gasteiger partial charge on any atom is -0.490 e. The quantitative estimate of drug-likeness (QED) is 0.776. The van der Waals surface area contributed by atoms with Gasteiger partial charge in [-0.2, -0.15) is 0 Å². The maximum Gasteiger partial charge on any atom is 0.344 e. The van der Waals surface area contributed by atoms with Crippen molar-refractivity contribution in [3.8, 4) is 11.5 Å². The molecule has 0 fully saturated rings. The van der Waals surface area contributed by atoms with Crippen LogP contribution in [0.15, 0.2) is 18.2 Å². The van der Waals surface area contributed by atoms with Gasteiger partial charge in [0.25, 0.3) is 0 Å². The molecular weight excluding hydrogens is 236 g/mol. The van der Waals surface area contributed by atoms with Crippen molar-refractivity contribution >= 4 is 5.97 Å². The van der Waals surface area contributed by atoms with Crippen molar-refractivity contribution in [3.63, 3.8) is 0 Å². The summed E-state index contributed by atoms with van der Waals surface area (Å²) in [6, 6.07) is 4.93. The van der Waals surface area contributed by atoms with Gasteiger partial charge in [0, 0.05) is 0 Å². The van der Waals surface area contributed by atoms with Crippen molar-refractivity contribution in [2.24, 2.45) is 0 Å². The van der Waals surface area contributed by atoms with E-state index < -0.39 is 12.1 Å². The lowest BCUT2D eigenvalue weighted by Gasteiger charge is -2.17. The van der Waals surface area contributed by atoms with Crippen molar-refractivity contribution in [2.45, 2.75) is 33.0 Å². The lowest BCUT2D eigenvalue weighted by Crippen LogP contribution is -2.26. The molecule has 0 heterocycles. The van der Waals surface area contributed by atoms with Crippen molar-refractivity contribution in [1.82, 2.24) is 0 Å². The number of rotatable bonds is 7. The molecule has 5 nitrogen and oxygen atoms in total. The molecule has 0 aliphatic rings. The number of hydrogen-bond acceptors (Lipinski definition) is 4. The number of aliphatic hydroxyl groups excluding tert-OH is 1. The van der Waals surface area contributed by atoms with Gasteiger partial charge in [-0.1, -0.05) is 13.0 Å². The van der Waals surface area contributed by atoms with E-state index >= 15 is 0 Å². The van der Waals surface area contributed by atoms with Crippen LogP contribution in [-0.2, 0) is 11.4 Å². The summed E-state index contributed by atoms with van der Waals surface area (Å²) in [4.78, 5) is 10.9. The third kappa shape index (κ3) is 3.63. The normalized spacial score (nSPS) is 11.9. The number of aliphatic hydroxyl groups is 1. The van der Waals surface area contributed by atoms with E-state index in [0.29, 0.717) is 30.1 Å². The molecule has 0 spiro atoms. The highest BCUT2D eigenvalue weighted by Crippen LogP contribution is 2.29. The molecule has 0 amide bonds. The van der Waals surface area contributed by atoms with Gasteiger partial charge < -0.3 is 19.7 Å². The van der Waals surface area contributed by atoms with Crippen LogP contribution in [0.5, 0.6) is 11.5 Å². The SMILES string of the molecule is CCOc1cc(CO)ccc1OC(CC)C(=O)O. The minimum absolute atomic E-state index is 0.101. The molecular formula is C13H18O5. The molecule has 1 aromatic carbocycles. The van der Waals surface area contributed by atoms with Crippen LogP contribution in [0.2, 0.25) is 0 Å². The van der Waals surface area contributed by atoms with Gasteiger partial charge in [0.2, 0.25) is 0 Å². The number of carboxylic acids is 1. The molecule has 100 valence electrons. The molecule has 1 aromatic rings. The average Bonchev–Trinajstić information content (AvgIpc) is 2.37. The Morgan fingerprint density at radius 2 is 2.06 bits per heavy atom. The van der Waals surface area contributed by atoms with Gasteiger partial charge in [-0.05, 0) is 31.0 Å². The first-order valence-corrected chi connectivity index (χ1v) is 5.88. The van der Waals surface area contributed by atoms with Gasteiger partial charge in [-0.15, -0.1) is 0 Å². The largest absolute Gasteiger partial charge is 0.490 e. The molecule has 1 rings (SSSR count).